The Labute approximate surface area is 146 Å². The van der Waals surface area contributed by atoms with E-state index in [4.69, 9.17) is 4.74 Å². The van der Waals surface area contributed by atoms with Crippen LogP contribution in [0.5, 0.6) is 5.75 Å². The summed E-state index contributed by atoms with van der Waals surface area (Å²) in [5.74, 6) is 0.754. The Morgan fingerprint density at radius 2 is 2.00 bits per heavy atom. The molecule has 3 rings (SSSR count). The van der Waals surface area contributed by atoms with Crippen molar-refractivity contribution in [3.63, 3.8) is 0 Å². The maximum Gasteiger partial charge on any atom is 0.272 e. The number of ether oxygens (including phenoxy) is 1. The van der Waals surface area contributed by atoms with Crippen LogP contribution in [0.1, 0.15) is 29.9 Å². The van der Waals surface area contributed by atoms with Crippen molar-refractivity contribution in [1.29, 1.82) is 0 Å². The largest absolute Gasteiger partial charge is 0.497 e. The molecule has 0 aliphatic rings. The van der Waals surface area contributed by atoms with Gasteiger partial charge in [-0.15, -0.1) is 0 Å². The van der Waals surface area contributed by atoms with Gasteiger partial charge in [0, 0.05) is 12.6 Å². The van der Waals surface area contributed by atoms with Gasteiger partial charge in [-0.2, -0.15) is 0 Å². The maximum atomic E-state index is 12.9. The molecule has 6 heteroatoms. The Bertz CT molecular complexity index is 857. The summed E-state index contributed by atoms with van der Waals surface area (Å²) in [6.07, 6.45) is 2.35. The molecule has 2 aromatic heterocycles. The summed E-state index contributed by atoms with van der Waals surface area (Å²) in [7, 11) is 1.65. The highest BCUT2D eigenvalue weighted by Gasteiger charge is 2.22. The fourth-order valence-corrected chi connectivity index (χ4v) is 2.96. The summed E-state index contributed by atoms with van der Waals surface area (Å²) >= 11 is 0. The summed E-state index contributed by atoms with van der Waals surface area (Å²) in [6.45, 7) is 4.66. The molecule has 1 unspecified atom stereocenters. The second kappa shape index (κ2) is 7.34. The third-order valence-corrected chi connectivity index (χ3v) is 4.32. The minimum absolute atomic E-state index is 0.0579. The number of hydrogen-bond donors (Lipinski definition) is 1. The number of carbonyl (C=O) groups is 1. The molecule has 1 amide bonds. The highest BCUT2D eigenvalue weighted by Crippen LogP contribution is 2.16. The standard InChI is InChI=1S/C19H22N4O2/c1-4-23(13(2)11-14-5-7-15(25-3)8-6-14)19(24)17-10-9-16-18(22-17)21-12-20-16/h5-10,12-13H,4,11H2,1-3H3,(H,20,21,22). The molecule has 0 aliphatic heterocycles. The number of benzene rings is 1. The minimum atomic E-state index is -0.0755. The molecule has 0 saturated heterocycles. The molecule has 130 valence electrons. The lowest BCUT2D eigenvalue weighted by atomic mass is 10.1. The van der Waals surface area contributed by atoms with E-state index in [1.54, 1.807) is 19.5 Å². The number of rotatable bonds is 6. The topological polar surface area (TPSA) is 71.1 Å². The van der Waals surface area contributed by atoms with Crippen LogP contribution in [0.15, 0.2) is 42.7 Å². The molecule has 3 aromatic rings. The smallest absolute Gasteiger partial charge is 0.272 e. The summed E-state index contributed by atoms with van der Waals surface area (Å²) in [5, 5.41) is 0. The van der Waals surface area contributed by atoms with Crippen molar-refractivity contribution in [1.82, 2.24) is 19.9 Å². The summed E-state index contributed by atoms with van der Waals surface area (Å²) in [4.78, 5) is 26.2. The first-order chi connectivity index (χ1) is 12.1. The zero-order valence-electron chi connectivity index (χ0n) is 14.7. The van der Waals surface area contributed by atoms with E-state index in [1.165, 1.54) is 0 Å². The summed E-state index contributed by atoms with van der Waals surface area (Å²) in [5.41, 5.74) is 2.97. The van der Waals surface area contributed by atoms with Gasteiger partial charge in [-0.3, -0.25) is 4.79 Å². The monoisotopic (exact) mass is 338 g/mol. The van der Waals surface area contributed by atoms with Crippen molar-refractivity contribution in [2.24, 2.45) is 0 Å². The Morgan fingerprint density at radius 1 is 1.24 bits per heavy atom. The second-order valence-corrected chi connectivity index (χ2v) is 5.96. The highest BCUT2D eigenvalue weighted by molar-refractivity contribution is 5.94. The predicted octanol–water partition coefficient (Wildman–Crippen LogP) is 3.06. The molecular weight excluding hydrogens is 316 g/mol. The molecule has 0 spiro atoms. The fourth-order valence-electron chi connectivity index (χ4n) is 2.96. The van der Waals surface area contributed by atoms with E-state index < -0.39 is 0 Å². The average molecular weight is 338 g/mol. The molecule has 0 saturated carbocycles. The number of pyridine rings is 1. The third kappa shape index (κ3) is 3.63. The number of H-pyrrole nitrogens is 1. The normalized spacial score (nSPS) is 12.1. The van der Waals surface area contributed by atoms with Crippen molar-refractivity contribution in [2.45, 2.75) is 26.3 Å². The van der Waals surface area contributed by atoms with Gasteiger partial charge in [-0.1, -0.05) is 12.1 Å². The molecule has 6 nitrogen and oxygen atoms in total. The maximum absolute atomic E-state index is 12.9. The van der Waals surface area contributed by atoms with Crippen LogP contribution in [0.2, 0.25) is 0 Å². The zero-order chi connectivity index (χ0) is 17.8. The molecule has 2 heterocycles. The van der Waals surface area contributed by atoms with Crippen molar-refractivity contribution < 1.29 is 9.53 Å². The van der Waals surface area contributed by atoms with Crippen LogP contribution < -0.4 is 4.74 Å². The Morgan fingerprint density at radius 3 is 2.68 bits per heavy atom. The molecule has 1 atom stereocenters. The van der Waals surface area contributed by atoms with E-state index in [0.29, 0.717) is 17.9 Å². The molecule has 0 bridgehead atoms. The van der Waals surface area contributed by atoms with E-state index in [-0.39, 0.29) is 11.9 Å². The highest BCUT2D eigenvalue weighted by atomic mass is 16.5. The van der Waals surface area contributed by atoms with Gasteiger partial charge in [0.25, 0.3) is 5.91 Å². The third-order valence-electron chi connectivity index (χ3n) is 4.32. The number of likely N-dealkylation sites (N-methyl/N-ethyl adjacent to an activating group) is 1. The molecule has 0 fully saturated rings. The molecule has 1 aromatic carbocycles. The van der Waals surface area contributed by atoms with Crippen LogP contribution in [0.25, 0.3) is 11.2 Å². The predicted molar refractivity (Wildman–Crippen MR) is 96.8 cm³/mol. The Hall–Kier alpha value is -2.89. The van der Waals surface area contributed by atoms with E-state index in [1.807, 2.05) is 42.2 Å². The van der Waals surface area contributed by atoms with Gasteiger partial charge < -0.3 is 14.6 Å². The van der Waals surface area contributed by atoms with Gasteiger partial charge in [0.2, 0.25) is 0 Å². The van der Waals surface area contributed by atoms with E-state index in [2.05, 4.69) is 21.9 Å². The average Bonchev–Trinajstić information content (AvgIpc) is 3.10. The van der Waals surface area contributed by atoms with Crippen LogP contribution >= 0.6 is 0 Å². The van der Waals surface area contributed by atoms with Crippen molar-refractivity contribution in [2.75, 3.05) is 13.7 Å². The minimum Gasteiger partial charge on any atom is -0.497 e. The number of nitrogens with one attached hydrogen (secondary N) is 1. The number of carbonyl (C=O) groups excluding carboxylic acids is 1. The number of amides is 1. The van der Waals surface area contributed by atoms with Gasteiger partial charge in [0.05, 0.1) is 19.0 Å². The van der Waals surface area contributed by atoms with Crippen molar-refractivity contribution in [3.8, 4) is 5.75 Å². The lowest BCUT2D eigenvalue weighted by Gasteiger charge is -2.28. The molecule has 1 N–H and O–H groups in total. The van der Waals surface area contributed by atoms with Crippen LogP contribution in [0.3, 0.4) is 0 Å². The van der Waals surface area contributed by atoms with Crippen molar-refractivity contribution in [3.05, 3.63) is 54.0 Å². The Kier molecular flexibility index (Phi) is 4.97. The first kappa shape index (κ1) is 17.0. The van der Waals surface area contributed by atoms with E-state index in [0.717, 1.165) is 23.3 Å². The fraction of sp³-hybridized carbons (Fsp3) is 0.316. The summed E-state index contributed by atoms with van der Waals surface area (Å²) in [6, 6.07) is 11.6. The number of imidazole rings is 1. The van der Waals surface area contributed by atoms with Gasteiger partial charge in [0.1, 0.15) is 11.4 Å². The molecule has 25 heavy (non-hydrogen) atoms. The number of methoxy groups -OCH3 is 1. The van der Waals surface area contributed by atoms with Crippen LogP contribution in [-0.2, 0) is 6.42 Å². The van der Waals surface area contributed by atoms with Gasteiger partial charge in [-0.25, -0.2) is 9.97 Å². The first-order valence-corrected chi connectivity index (χ1v) is 8.36. The van der Waals surface area contributed by atoms with Crippen LogP contribution in [-0.4, -0.2) is 45.5 Å². The molecule has 0 aliphatic carbocycles. The van der Waals surface area contributed by atoms with Gasteiger partial charge >= 0.3 is 0 Å². The lowest BCUT2D eigenvalue weighted by Crippen LogP contribution is -2.40. The van der Waals surface area contributed by atoms with Gasteiger partial charge in [0.15, 0.2) is 5.65 Å². The molecular formula is C19H22N4O2. The van der Waals surface area contributed by atoms with Gasteiger partial charge in [-0.05, 0) is 50.1 Å². The Balaban J connectivity index is 1.75. The number of fused-ring (bicyclic) bond motifs is 1. The quantitative estimate of drug-likeness (QED) is 0.750. The molecule has 0 radical (unpaired) electrons. The summed E-state index contributed by atoms with van der Waals surface area (Å²) < 4.78 is 5.19. The number of aromatic amines is 1. The van der Waals surface area contributed by atoms with E-state index in [9.17, 15) is 4.79 Å². The van der Waals surface area contributed by atoms with Crippen LogP contribution in [0, 0.1) is 0 Å². The first-order valence-electron chi connectivity index (χ1n) is 8.36. The van der Waals surface area contributed by atoms with Crippen LogP contribution in [0.4, 0.5) is 0 Å². The number of aromatic nitrogens is 3. The lowest BCUT2D eigenvalue weighted by molar-refractivity contribution is 0.0697. The second-order valence-electron chi connectivity index (χ2n) is 5.96. The number of nitrogens with zero attached hydrogens (tertiary/aromatic N) is 3. The SMILES string of the molecule is CCN(C(=O)c1ccc2[nH]cnc2n1)C(C)Cc1ccc(OC)cc1. The van der Waals surface area contributed by atoms with Crippen molar-refractivity contribution >= 4 is 17.1 Å². The number of hydrogen-bond acceptors (Lipinski definition) is 4. The zero-order valence-corrected chi connectivity index (χ0v) is 14.7. The van der Waals surface area contributed by atoms with E-state index >= 15 is 0 Å².